The number of amides is 1. The molecular weight excluding hydrogens is 400 g/mol. The lowest BCUT2D eigenvalue weighted by molar-refractivity contribution is -0.115. The second-order valence-electron chi connectivity index (χ2n) is 5.72. The number of thiazole rings is 1. The van der Waals surface area contributed by atoms with Gasteiger partial charge in [0.25, 0.3) is 0 Å². The molecule has 1 N–H and O–H groups in total. The maximum Gasteiger partial charge on any atom is 0.230 e. The largest absolute Gasteiger partial charge is 0.495 e. The zero-order valence-corrected chi connectivity index (χ0v) is 17.3. The third-order valence-corrected chi connectivity index (χ3v) is 6.61. The monoisotopic (exact) mass is 418 g/mol. The number of aryl methyl sites for hydroxylation is 1. The first kappa shape index (κ1) is 19.6. The first-order valence-corrected chi connectivity index (χ1v) is 10.9. The van der Waals surface area contributed by atoms with Crippen molar-refractivity contribution in [1.29, 1.82) is 0 Å². The van der Waals surface area contributed by atoms with Gasteiger partial charge in [-0.2, -0.15) is 0 Å². The minimum Gasteiger partial charge on any atom is -0.495 e. The molecule has 0 atom stereocenters. The van der Waals surface area contributed by atoms with E-state index in [2.05, 4.69) is 10.3 Å². The van der Waals surface area contributed by atoms with E-state index in [0.717, 1.165) is 14.8 Å². The van der Waals surface area contributed by atoms with Crippen molar-refractivity contribution in [2.45, 2.75) is 17.7 Å². The van der Waals surface area contributed by atoms with E-state index in [9.17, 15) is 9.59 Å². The lowest BCUT2D eigenvalue weighted by Crippen LogP contribution is -2.15. The summed E-state index contributed by atoms with van der Waals surface area (Å²) >= 11 is 4.29. The van der Waals surface area contributed by atoms with Gasteiger partial charge in [0.05, 0.1) is 35.5 Å². The summed E-state index contributed by atoms with van der Waals surface area (Å²) in [4.78, 5) is 29.5. The minimum atomic E-state index is -0.159. The molecule has 8 heteroatoms. The Morgan fingerprint density at radius 2 is 2.11 bits per heavy atom. The van der Waals surface area contributed by atoms with Gasteiger partial charge in [-0.3, -0.25) is 9.59 Å². The Bertz CT molecular complexity index is 936. The summed E-state index contributed by atoms with van der Waals surface area (Å²) in [6.45, 7) is 1.96. The number of thioether (sulfide) groups is 1. The predicted octanol–water partition coefficient (Wildman–Crippen LogP) is 4.68. The molecule has 5 nitrogen and oxygen atoms in total. The van der Waals surface area contributed by atoms with Crippen LogP contribution in [0.2, 0.25) is 0 Å². The van der Waals surface area contributed by atoms with Crippen LogP contribution in [0.15, 0.2) is 45.4 Å². The molecule has 0 spiro atoms. The Morgan fingerprint density at radius 3 is 2.85 bits per heavy atom. The van der Waals surface area contributed by atoms with Crippen LogP contribution in [0.4, 0.5) is 5.69 Å². The Hall–Kier alpha value is -2.16. The number of Topliss-reactive ketones (excluding diaryl/α,β-unsaturated/α-hetero) is 1. The number of nitrogens with one attached hydrogen (secondary N) is 1. The molecule has 1 amide bonds. The lowest BCUT2D eigenvalue weighted by atomic mass is 10.2. The summed E-state index contributed by atoms with van der Waals surface area (Å²) in [5.74, 6) is 0.912. The number of ether oxygens (including phenoxy) is 1. The first-order valence-electron chi connectivity index (χ1n) is 8.13. The van der Waals surface area contributed by atoms with Crippen LogP contribution in [0, 0.1) is 6.92 Å². The van der Waals surface area contributed by atoms with Crippen LogP contribution in [0.25, 0.3) is 0 Å². The van der Waals surface area contributed by atoms with Crippen LogP contribution in [-0.4, -0.2) is 29.5 Å². The molecule has 27 heavy (non-hydrogen) atoms. The molecule has 2 aromatic heterocycles. The third-order valence-electron chi connectivity index (χ3n) is 3.63. The summed E-state index contributed by atoms with van der Waals surface area (Å²) in [6.07, 6.45) is 0.174. The smallest absolute Gasteiger partial charge is 0.230 e. The molecule has 2 heterocycles. The van der Waals surface area contributed by atoms with Gasteiger partial charge < -0.3 is 10.1 Å². The van der Waals surface area contributed by atoms with Crippen molar-refractivity contribution < 1.29 is 14.3 Å². The molecule has 0 unspecified atom stereocenters. The van der Waals surface area contributed by atoms with Crippen LogP contribution >= 0.6 is 34.4 Å². The number of anilines is 1. The average Bonchev–Trinajstić information content (AvgIpc) is 3.33. The fourth-order valence-electron chi connectivity index (χ4n) is 2.33. The molecule has 1 aromatic carbocycles. The normalized spacial score (nSPS) is 10.6. The third kappa shape index (κ3) is 5.41. The number of benzene rings is 1. The van der Waals surface area contributed by atoms with E-state index in [1.165, 1.54) is 34.4 Å². The van der Waals surface area contributed by atoms with Crippen LogP contribution < -0.4 is 10.1 Å². The molecule has 0 aliphatic rings. The quantitative estimate of drug-likeness (QED) is 0.425. The van der Waals surface area contributed by atoms with Crippen LogP contribution in [-0.2, 0) is 11.2 Å². The van der Waals surface area contributed by atoms with Crippen LogP contribution in [0.1, 0.15) is 20.9 Å². The zero-order chi connectivity index (χ0) is 19.2. The zero-order valence-electron chi connectivity index (χ0n) is 14.9. The Labute approximate surface area is 169 Å². The molecule has 0 saturated heterocycles. The van der Waals surface area contributed by atoms with Crippen molar-refractivity contribution in [2.75, 3.05) is 18.2 Å². The van der Waals surface area contributed by atoms with Crippen molar-refractivity contribution in [3.63, 3.8) is 0 Å². The number of methoxy groups -OCH3 is 1. The Morgan fingerprint density at radius 1 is 1.26 bits per heavy atom. The van der Waals surface area contributed by atoms with Gasteiger partial charge >= 0.3 is 0 Å². The van der Waals surface area contributed by atoms with Gasteiger partial charge in [-0.15, -0.1) is 22.7 Å². The van der Waals surface area contributed by atoms with Gasteiger partial charge in [0.1, 0.15) is 5.75 Å². The van der Waals surface area contributed by atoms with E-state index in [1.807, 2.05) is 48.0 Å². The molecule has 0 aliphatic carbocycles. The summed E-state index contributed by atoms with van der Waals surface area (Å²) in [7, 11) is 1.58. The SMILES string of the molecule is COc1cc(C)ccc1NC(=O)Cc1csc(SCC(=O)c2cccs2)n1. The van der Waals surface area contributed by atoms with E-state index in [1.54, 1.807) is 7.11 Å². The average molecular weight is 419 g/mol. The van der Waals surface area contributed by atoms with Gasteiger partial charge in [0.2, 0.25) is 5.91 Å². The number of carbonyl (C=O) groups is 2. The fourth-order valence-corrected chi connectivity index (χ4v) is 4.82. The van der Waals surface area contributed by atoms with Crippen molar-refractivity contribution in [2.24, 2.45) is 0 Å². The van der Waals surface area contributed by atoms with E-state index >= 15 is 0 Å². The number of thiophene rings is 1. The summed E-state index contributed by atoms with van der Waals surface area (Å²) in [5, 5.41) is 6.60. The maximum absolute atomic E-state index is 12.3. The molecule has 3 rings (SSSR count). The number of rotatable bonds is 8. The van der Waals surface area contributed by atoms with Gasteiger partial charge in [-0.05, 0) is 36.1 Å². The summed E-state index contributed by atoms with van der Waals surface area (Å²) in [6, 6.07) is 9.30. The van der Waals surface area contributed by atoms with Crippen molar-refractivity contribution in [3.8, 4) is 5.75 Å². The second-order valence-corrected chi connectivity index (χ2v) is 8.75. The Balaban J connectivity index is 1.54. The van der Waals surface area contributed by atoms with Crippen molar-refractivity contribution in [3.05, 3.63) is 57.2 Å². The fraction of sp³-hybridized carbons (Fsp3) is 0.211. The van der Waals surface area contributed by atoms with E-state index in [4.69, 9.17) is 4.74 Å². The second kappa shape index (κ2) is 9.16. The molecule has 3 aromatic rings. The Kier molecular flexibility index (Phi) is 6.65. The summed E-state index contributed by atoms with van der Waals surface area (Å²) < 4.78 is 6.09. The topological polar surface area (TPSA) is 68.3 Å². The van der Waals surface area contributed by atoms with Gasteiger partial charge in [-0.1, -0.05) is 23.9 Å². The number of hydrogen-bond donors (Lipinski definition) is 1. The highest BCUT2D eigenvalue weighted by Gasteiger charge is 2.13. The van der Waals surface area contributed by atoms with Crippen LogP contribution in [0.5, 0.6) is 5.75 Å². The molecule has 0 aliphatic heterocycles. The number of carbonyl (C=O) groups excluding carboxylic acids is 2. The maximum atomic E-state index is 12.3. The number of ketones is 1. The molecule has 0 bridgehead atoms. The first-order chi connectivity index (χ1) is 13.0. The van der Waals surface area contributed by atoms with Gasteiger partial charge in [0, 0.05) is 5.38 Å². The molecule has 0 fully saturated rings. The number of aromatic nitrogens is 1. The highest BCUT2D eigenvalue weighted by molar-refractivity contribution is 8.01. The minimum absolute atomic E-state index is 0.0935. The highest BCUT2D eigenvalue weighted by Crippen LogP contribution is 2.27. The molecule has 0 saturated carbocycles. The number of nitrogens with zero attached hydrogens (tertiary/aromatic N) is 1. The lowest BCUT2D eigenvalue weighted by Gasteiger charge is -2.10. The molecule has 140 valence electrons. The van der Waals surface area contributed by atoms with E-state index < -0.39 is 0 Å². The van der Waals surface area contributed by atoms with Crippen molar-refractivity contribution >= 4 is 51.8 Å². The highest BCUT2D eigenvalue weighted by atomic mass is 32.2. The van der Waals surface area contributed by atoms with E-state index in [0.29, 0.717) is 22.9 Å². The predicted molar refractivity (Wildman–Crippen MR) is 112 cm³/mol. The van der Waals surface area contributed by atoms with Gasteiger partial charge in [-0.25, -0.2) is 4.98 Å². The van der Waals surface area contributed by atoms with Gasteiger partial charge in [0.15, 0.2) is 10.1 Å². The van der Waals surface area contributed by atoms with Crippen molar-refractivity contribution in [1.82, 2.24) is 4.98 Å². The standard InChI is InChI=1S/C19H18N2O3S3/c1-12-5-6-14(16(8-12)24-2)21-18(23)9-13-10-26-19(20-13)27-11-15(22)17-4-3-7-25-17/h3-8,10H,9,11H2,1-2H3,(H,21,23). The van der Waals surface area contributed by atoms with Crippen LogP contribution in [0.3, 0.4) is 0 Å². The molecule has 0 radical (unpaired) electrons. The molecular formula is C19H18N2O3S3. The number of hydrogen-bond acceptors (Lipinski definition) is 7. The van der Waals surface area contributed by atoms with E-state index in [-0.39, 0.29) is 18.1 Å². The summed E-state index contributed by atoms with van der Waals surface area (Å²) in [5.41, 5.74) is 2.39.